The van der Waals surface area contributed by atoms with Crippen LogP contribution < -0.4 is 5.32 Å². The Morgan fingerprint density at radius 3 is 2.81 bits per heavy atom. The highest BCUT2D eigenvalue weighted by atomic mass is 16.5. The minimum Gasteiger partial charge on any atom is -0.465 e. The third-order valence-corrected chi connectivity index (χ3v) is 3.13. The molecule has 0 aromatic rings. The first-order chi connectivity index (χ1) is 7.55. The van der Waals surface area contributed by atoms with Gasteiger partial charge < -0.3 is 14.8 Å². The highest BCUT2D eigenvalue weighted by Gasteiger charge is 2.23. The summed E-state index contributed by atoms with van der Waals surface area (Å²) in [5.41, 5.74) is -0.217. The van der Waals surface area contributed by atoms with Gasteiger partial charge in [0.15, 0.2) is 0 Å². The van der Waals surface area contributed by atoms with Gasteiger partial charge in [-0.2, -0.15) is 0 Å². The summed E-state index contributed by atoms with van der Waals surface area (Å²) in [4.78, 5) is 11.7. The van der Waals surface area contributed by atoms with E-state index in [1.54, 1.807) is 7.11 Å². The highest BCUT2D eigenvalue weighted by Crippen LogP contribution is 2.15. The fourth-order valence-electron chi connectivity index (χ4n) is 1.67. The molecule has 1 fully saturated rings. The van der Waals surface area contributed by atoms with Crippen LogP contribution in [0.4, 0.5) is 0 Å². The number of ether oxygens (including phenoxy) is 2. The van der Waals surface area contributed by atoms with Crippen molar-refractivity contribution in [2.24, 2.45) is 5.92 Å². The van der Waals surface area contributed by atoms with E-state index in [1.807, 2.05) is 13.8 Å². The minimum atomic E-state index is -0.217. The first kappa shape index (κ1) is 13.5. The van der Waals surface area contributed by atoms with Gasteiger partial charge in [-0.15, -0.1) is 0 Å². The molecule has 0 saturated carbocycles. The van der Waals surface area contributed by atoms with Gasteiger partial charge in [-0.1, -0.05) is 0 Å². The first-order valence-electron chi connectivity index (χ1n) is 5.98. The fraction of sp³-hybridized carbons (Fsp3) is 0.917. The zero-order valence-electron chi connectivity index (χ0n) is 10.5. The molecule has 0 amide bonds. The van der Waals surface area contributed by atoms with Crippen LogP contribution in [0.25, 0.3) is 0 Å². The summed E-state index contributed by atoms with van der Waals surface area (Å²) in [6, 6.07) is 0. The van der Waals surface area contributed by atoms with E-state index < -0.39 is 0 Å². The normalized spacial score (nSPS) is 21.8. The summed E-state index contributed by atoms with van der Waals surface area (Å²) in [5, 5.41) is 3.21. The molecule has 1 rings (SSSR count). The molecule has 0 unspecified atom stereocenters. The first-order valence-corrected chi connectivity index (χ1v) is 5.98. The smallest absolute Gasteiger partial charge is 0.310 e. The Morgan fingerprint density at radius 1 is 1.50 bits per heavy atom. The molecule has 1 heterocycles. The molecule has 1 N–H and O–H groups in total. The zero-order valence-corrected chi connectivity index (χ0v) is 10.5. The quantitative estimate of drug-likeness (QED) is 0.723. The molecule has 1 aliphatic heterocycles. The summed E-state index contributed by atoms with van der Waals surface area (Å²) in [6.07, 6.45) is 2.73. The van der Waals surface area contributed by atoms with Crippen LogP contribution in [0.15, 0.2) is 0 Å². The maximum atomic E-state index is 11.7. The standard InChI is InChI=1S/C12H23NO3/c1-12(2,15-3)6-8-16-11(14)10-5-4-7-13-9-10/h10,13H,4-9H2,1-3H3/t10-/m0/s1. The molecule has 16 heavy (non-hydrogen) atoms. The van der Waals surface area contributed by atoms with Crippen molar-refractivity contribution in [1.82, 2.24) is 5.32 Å². The van der Waals surface area contributed by atoms with Crippen LogP contribution in [-0.4, -0.2) is 38.4 Å². The Hall–Kier alpha value is -0.610. The monoisotopic (exact) mass is 229 g/mol. The third kappa shape index (κ3) is 4.49. The van der Waals surface area contributed by atoms with Crippen LogP contribution in [0.5, 0.6) is 0 Å². The van der Waals surface area contributed by atoms with Crippen molar-refractivity contribution in [3.8, 4) is 0 Å². The molecule has 0 spiro atoms. The Balaban J connectivity index is 2.19. The molecule has 0 radical (unpaired) electrons. The number of rotatable bonds is 5. The van der Waals surface area contributed by atoms with Gasteiger partial charge in [0.25, 0.3) is 0 Å². The van der Waals surface area contributed by atoms with Gasteiger partial charge in [0.2, 0.25) is 0 Å². The maximum Gasteiger partial charge on any atom is 0.310 e. The Bertz CT molecular complexity index is 222. The highest BCUT2D eigenvalue weighted by molar-refractivity contribution is 5.72. The van der Waals surface area contributed by atoms with Gasteiger partial charge in [0.05, 0.1) is 18.1 Å². The van der Waals surface area contributed by atoms with Crippen molar-refractivity contribution >= 4 is 5.97 Å². The zero-order chi connectivity index (χ0) is 12.0. The number of piperidine rings is 1. The summed E-state index contributed by atoms with van der Waals surface area (Å²) in [7, 11) is 1.67. The van der Waals surface area contributed by atoms with Gasteiger partial charge in [0, 0.05) is 20.1 Å². The Morgan fingerprint density at radius 2 is 2.25 bits per heavy atom. The number of carbonyl (C=O) groups is 1. The van der Waals surface area contributed by atoms with E-state index >= 15 is 0 Å². The van der Waals surface area contributed by atoms with Gasteiger partial charge in [-0.3, -0.25) is 4.79 Å². The Kier molecular flexibility index (Phi) is 5.22. The summed E-state index contributed by atoms with van der Waals surface area (Å²) < 4.78 is 10.5. The number of methoxy groups -OCH3 is 1. The SMILES string of the molecule is COC(C)(C)CCOC(=O)[C@H]1CCCNC1. The lowest BCUT2D eigenvalue weighted by Crippen LogP contribution is -2.36. The molecule has 0 aliphatic carbocycles. The molecular formula is C12H23NO3. The van der Waals surface area contributed by atoms with E-state index in [4.69, 9.17) is 9.47 Å². The number of hydrogen-bond donors (Lipinski definition) is 1. The van der Waals surface area contributed by atoms with Gasteiger partial charge in [-0.25, -0.2) is 0 Å². The Labute approximate surface area is 97.7 Å². The molecular weight excluding hydrogens is 206 g/mol. The van der Waals surface area contributed by atoms with Crippen molar-refractivity contribution in [1.29, 1.82) is 0 Å². The molecule has 1 aliphatic rings. The molecule has 1 saturated heterocycles. The van der Waals surface area contributed by atoms with Crippen molar-refractivity contribution < 1.29 is 14.3 Å². The van der Waals surface area contributed by atoms with Crippen LogP contribution in [0.1, 0.15) is 33.1 Å². The third-order valence-electron chi connectivity index (χ3n) is 3.13. The summed E-state index contributed by atoms with van der Waals surface area (Å²) in [6.45, 7) is 6.19. The average Bonchev–Trinajstić information content (AvgIpc) is 2.30. The molecule has 94 valence electrons. The van der Waals surface area contributed by atoms with Gasteiger partial charge >= 0.3 is 5.97 Å². The van der Waals surface area contributed by atoms with Crippen molar-refractivity contribution in [2.45, 2.75) is 38.7 Å². The van der Waals surface area contributed by atoms with E-state index in [9.17, 15) is 4.79 Å². The predicted molar refractivity (Wildman–Crippen MR) is 62.3 cm³/mol. The summed E-state index contributed by atoms with van der Waals surface area (Å²) >= 11 is 0. The fourth-order valence-corrected chi connectivity index (χ4v) is 1.67. The lowest BCUT2D eigenvalue weighted by atomic mass is 10.00. The second kappa shape index (κ2) is 6.21. The van der Waals surface area contributed by atoms with Crippen LogP contribution in [-0.2, 0) is 14.3 Å². The van der Waals surface area contributed by atoms with Gasteiger partial charge in [0.1, 0.15) is 0 Å². The van der Waals surface area contributed by atoms with Crippen LogP contribution in [0, 0.1) is 5.92 Å². The van der Waals surface area contributed by atoms with E-state index in [0.717, 1.165) is 32.4 Å². The van der Waals surface area contributed by atoms with Gasteiger partial charge in [-0.05, 0) is 33.2 Å². The van der Waals surface area contributed by atoms with E-state index in [0.29, 0.717) is 6.61 Å². The number of nitrogens with one attached hydrogen (secondary N) is 1. The molecule has 4 nitrogen and oxygen atoms in total. The van der Waals surface area contributed by atoms with Crippen molar-refractivity contribution in [3.05, 3.63) is 0 Å². The predicted octanol–water partition coefficient (Wildman–Crippen LogP) is 1.34. The topological polar surface area (TPSA) is 47.6 Å². The number of esters is 1. The van der Waals surface area contributed by atoms with Crippen LogP contribution in [0.3, 0.4) is 0 Å². The van der Waals surface area contributed by atoms with Crippen LogP contribution >= 0.6 is 0 Å². The lowest BCUT2D eigenvalue weighted by molar-refractivity contribution is -0.150. The molecule has 4 heteroatoms. The second-order valence-corrected chi connectivity index (χ2v) is 4.92. The van der Waals surface area contributed by atoms with E-state index in [1.165, 1.54) is 0 Å². The second-order valence-electron chi connectivity index (χ2n) is 4.92. The minimum absolute atomic E-state index is 0.0411. The molecule has 1 atom stereocenters. The average molecular weight is 229 g/mol. The largest absolute Gasteiger partial charge is 0.465 e. The van der Waals surface area contributed by atoms with Crippen LogP contribution in [0.2, 0.25) is 0 Å². The number of carbonyl (C=O) groups excluding carboxylic acids is 1. The molecule has 0 aromatic carbocycles. The van der Waals surface area contributed by atoms with Crippen molar-refractivity contribution in [2.75, 3.05) is 26.8 Å². The molecule has 0 aromatic heterocycles. The number of hydrogen-bond acceptors (Lipinski definition) is 4. The van der Waals surface area contributed by atoms with Crippen molar-refractivity contribution in [3.63, 3.8) is 0 Å². The van der Waals surface area contributed by atoms with E-state index in [-0.39, 0.29) is 17.5 Å². The molecule has 0 bridgehead atoms. The lowest BCUT2D eigenvalue weighted by Gasteiger charge is -2.24. The maximum absolute atomic E-state index is 11.7. The summed E-state index contributed by atoms with van der Waals surface area (Å²) in [5.74, 6) is -0.0292. The van der Waals surface area contributed by atoms with E-state index in [2.05, 4.69) is 5.32 Å².